The Hall–Kier alpha value is -1.80. The smallest absolute Gasteiger partial charge is 0.245 e. The van der Waals surface area contributed by atoms with Crippen molar-refractivity contribution in [2.75, 3.05) is 26.7 Å². The number of aromatic nitrogens is 5. The summed E-state index contributed by atoms with van der Waals surface area (Å²) in [5.41, 5.74) is 0. The quantitative estimate of drug-likeness (QED) is 0.818. The van der Waals surface area contributed by atoms with E-state index in [4.69, 9.17) is 4.52 Å². The number of aryl methyl sites for hydroxylation is 1. The van der Waals surface area contributed by atoms with Gasteiger partial charge in [0.25, 0.3) is 0 Å². The van der Waals surface area contributed by atoms with Crippen LogP contribution in [0.15, 0.2) is 4.52 Å². The van der Waals surface area contributed by atoms with Gasteiger partial charge >= 0.3 is 0 Å². The molecule has 2 fully saturated rings. The number of piperazine rings is 1. The van der Waals surface area contributed by atoms with Crippen LogP contribution in [0.1, 0.15) is 55.1 Å². The van der Waals surface area contributed by atoms with E-state index in [1.807, 2.05) is 6.92 Å². The third kappa shape index (κ3) is 2.95. The van der Waals surface area contributed by atoms with Crippen molar-refractivity contribution in [3.63, 3.8) is 0 Å². The highest BCUT2D eigenvalue weighted by molar-refractivity contribution is 5.06. The summed E-state index contributed by atoms with van der Waals surface area (Å²) >= 11 is 0. The summed E-state index contributed by atoms with van der Waals surface area (Å²) in [4.78, 5) is 9.35. The molecule has 2 aromatic heterocycles. The zero-order valence-electron chi connectivity index (χ0n) is 14.6. The van der Waals surface area contributed by atoms with E-state index in [9.17, 15) is 0 Å². The first-order valence-electron chi connectivity index (χ1n) is 8.80. The zero-order chi connectivity index (χ0) is 16.7. The number of hydrogen-bond acceptors (Lipinski definition) is 7. The normalized spacial score (nSPS) is 23.0. The van der Waals surface area contributed by atoms with Crippen LogP contribution in [0.4, 0.5) is 0 Å². The molecule has 0 unspecified atom stereocenters. The molecule has 3 heterocycles. The molecule has 1 atom stereocenters. The van der Waals surface area contributed by atoms with Crippen LogP contribution in [0, 0.1) is 6.92 Å². The molecule has 0 amide bonds. The van der Waals surface area contributed by atoms with Crippen LogP contribution < -0.4 is 0 Å². The van der Waals surface area contributed by atoms with Gasteiger partial charge in [0.2, 0.25) is 5.89 Å². The average Bonchev–Trinajstić information content (AvgIpc) is 3.21. The molecule has 8 heteroatoms. The average molecular weight is 331 g/mol. The highest BCUT2D eigenvalue weighted by atomic mass is 16.5. The third-order valence-electron chi connectivity index (χ3n) is 5.11. The first-order chi connectivity index (χ1) is 11.7. The molecule has 2 aliphatic rings. The Bertz CT molecular complexity index is 705. The van der Waals surface area contributed by atoms with Crippen LogP contribution in [0.2, 0.25) is 0 Å². The molecule has 1 saturated carbocycles. The Morgan fingerprint density at radius 1 is 1.21 bits per heavy atom. The highest BCUT2D eigenvalue weighted by Gasteiger charge is 2.34. The standard InChI is InChI=1S/C16H25N7O/c1-4-23-11(2)18-19-14(23)10-22-8-7-21(3)13(9-22)16-17-15(20-24-16)12-5-6-12/h12-13H,4-10H2,1-3H3/t13-/m0/s1. The van der Waals surface area contributed by atoms with Crippen molar-refractivity contribution >= 4 is 0 Å². The fourth-order valence-corrected chi connectivity index (χ4v) is 3.38. The first kappa shape index (κ1) is 15.7. The predicted molar refractivity (Wildman–Crippen MR) is 87.4 cm³/mol. The summed E-state index contributed by atoms with van der Waals surface area (Å²) in [6.45, 7) is 8.70. The van der Waals surface area contributed by atoms with Crippen molar-refractivity contribution < 1.29 is 4.52 Å². The van der Waals surface area contributed by atoms with E-state index in [1.165, 1.54) is 12.8 Å². The number of nitrogens with zero attached hydrogens (tertiary/aromatic N) is 7. The van der Waals surface area contributed by atoms with E-state index in [0.29, 0.717) is 5.92 Å². The molecular weight excluding hydrogens is 306 g/mol. The molecule has 0 bridgehead atoms. The fourth-order valence-electron chi connectivity index (χ4n) is 3.38. The van der Waals surface area contributed by atoms with Gasteiger partial charge in [0.15, 0.2) is 5.82 Å². The van der Waals surface area contributed by atoms with Crippen LogP contribution in [0.3, 0.4) is 0 Å². The SMILES string of the molecule is CCn1c(C)nnc1CN1CCN(C)[C@H](c2nc(C3CC3)no2)C1. The maximum Gasteiger partial charge on any atom is 0.245 e. The second kappa shape index (κ2) is 6.25. The maximum atomic E-state index is 5.56. The van der Waals surface area contributed by atoms with Gasteiger partial charge in [0.05, 0.1) is 6.54 Å². The number of likely N-dealkylation sites (N-methyl/N-ethyl adjacent to an activating group) is 1. The Balaban J connectivity index is 1.47. The van der Waals surface area contributed by atoms with Crippen molar-refractivity contribution in [1.29, 1.82) is 0 Å². The van der Waals surface area contributed by atoms with E-state index < -0.39 is 0 Å². The summed E-state index contributed by atoms with van der Waals surface area (Å²) in [5, 5.41) is 12.7. The Morgan fingerprint density at radius 2 is 2.04 bits per heavy atom. The lowest BCUT2D eigenvalue weighted by Crippen LogP contribution is -2.46. The van der Waals surface area contributed by atoms with Gasteiger partial charge in [-0.3, -0.25) is 9.80 Å². The minimum atomic E-state index is 0.151. The van der Waals surface area contributed by atoms with Gasteiger partial charge in [-0.1, -0.05) is 5.16 Å². The van der Waals surface area contributed by atoms with E-state index in [1.54, 1.807) is 0 Å². The monoisotopic (exact) mass is 331 g/mol. The van der Waals surface area contributed by atoms with Gasteiger partial charge in [0, 0.05) is 32.1 Å². The lowest BCUT2D eigenvalue weighted by Gasteiger charge is -2.37. The largest absolute Gasteiger partial charge is 0.338 e. The van der Waals surface area contributed by atoms with Crippen LogP contribution in [-0.4, -0.2) is 61.4 Å². The molecule has 2 aromatic rings. The molecule has 4 rings (SSSR count). The molecular formula is C16H25N7O. The van der Waals surface area contributed by atoms with Crippen LogP contribution in [-0.2, 0) is 13.1 Å². The van der Waals surface area contributed by atoms with Gasteiger partial charge in [0.1, 0.15) is 17.7 Å². The van der Waals surface area contributed by atoms with Crippen molar-refractivity contribution in [2.45, 2.75) is 51.7 Å². The van der Waals surface area contributed by atoms with E-state index in [0.717, 1.165) is 56.1 Å². The van der Waals surface area contributed by atoms with Gasteiger partial charge in [-0.2, -0.15) is 4.98 Å². The predicted octanol–water partition coefficient (Wildman–Crippen LogP) is 1.36. The van der Waals surface area contributed by atoms with Crippen molar-refractivity contribution in [2.24, 2.45) is 0 Å². The molecule has 1 saturated heterocycles. The molecule has 0 radical (unpaired) electrons. The second-order valence-electron chi connectivity index (χ2n) is 6.90. The third-order valence-corrected chi connectivity index (χ3v) is 5.11. The summed E-state index contributed by atoms with van der Waals surface area (Å²) in [6.07, 6.45) is 2.38. The summed E-state index contributed by atoms with van der Waals surface area (Å²) in [7, 11) is 2.13. The molecule has 0 N–H and O–H groups in total. The van der Waals surface area contributed by atoms with E-state index in [2.05, 4.69) is 48.7 Å². The molecule has 1 aliphatic carbocycles. The van der Waals surface area contributed by atoms with Gasteiger partial charge in [-0.05, 0) is 33.7 Å². The van der Waals surface area contributed by atoms with Crippen LogP contribution in [0.5, 0.6) is 0 Å². The van der Waals surface area contributed by atoms with Gasteiger partial charge < -0.3 is 9.09 Å². The molecule has 24 heavy (non-hydrogen) atoms. The molecule has 0 spiro atoms. The highest BCUT2D eigenvalue weighted by Crippen LogP contribution is 2.38. The van der Waals surface area contributed by atoms with Gasteiger partial charge in [-0.15, -0.1) is 10.2 Å². The van der Waals surface area contributed by atoms with Crippen molar-refractivity contribution in [3.8, 4) is 0 Å². The Kier molecular flexibility index (Phi) is 4.09. The fraction of sp³-hybridized carbons (Fsp3) is 0.750. The zero-order valence-corrected chi connectivity index (χ0v) is 14.6. The summed E-state index contributed by atoms with van der Waals surface area (Å²) in [5.74, 6) is 4.17. The number of rotatable bonds is 5. The minimum absolute atomic E-state index is 0.151. The first-order valence-corrected chi connectivity index (χ1v) is 8.80. The molecule has 8 nitrogen and oxygen atoms in total. The Labute approximate surface area is 141 Å². The summed E-state index contributed by atoms with van der Waals surface area (Å²) < 4.78 is 7.73. The van der Waals surface area contributed by atoms with E-state index in [-0.39, 0.29) is 6.04 Å². The molecule has 0 aromatic carbocycles. The van der Waals surface area contributed by atoms with Crippen LogP contribution >= 0.6 is 0 Å². The van der Waals surface area contributed by atoms with Crippen molar-refractivity contribution in [1.82, 2.24) is 34.7 Å². The van der Waals surface area contributed by atoms with Crippen molar-refractivity contribution in [3.05, 3.63) is 23.4 Å². The maximum absolute atomic E-state index is 5.56. The van der Waals surface area contributed by atoms with Gasteiger partial charge in [-0.25, -0.2) is 0 Å². The summed E-state index contributed by atoms with van der Waals surface area (Å²) in [6, 6.07) is 0.151. The van der Waals surface area contributed by atoms with E-state index >= 15 is 0 Å². The lowest BCUT2D eigenvalue weighted by molar-refractivity contribution is 0.0692. The molecule has 1 aliphatic heterocycles. The topological polar surface area (TPSA) is 76.1 Å². The lowest BCUT2D eigenvalue weighted by atomic mass is 10.1. The molecule has 130 valence electrons. The number of hydrogen-bond donors (Lipinski definition) is 0. The Morgan fingerprint density at radius 3 is 2.79 bits per heavy atom. The second-order valence-corrected chi connectivity index (χ2v) is 6.90. The van der Waals surface area contributed by atoms with Crippen LogP contribution in [0.25, 0.3) is 0 Å². The minimum Gasteiger partial charge on any atom is -0.338 e.